The van der Waals surface area contributed by atoms with Crippen molar-refractivity contribution in [2.45, 2.75) is 24.7 Å². The van der Waals surface area contributed by atoms with Gasteiger partial charge in [0, 0.05) is 37.8 Å². The van der Waals surface area contributed by atoms with Gasteiger partial charge >= 0.3 is 6.09 Å². The van der Waals surface area contributed by atoms with Crippen LogP contribution in [0.4, 0.5) is 15.0 Å². The second-order valence-corrected chi connectivity index (χ2v) is 9.40. The molecule has 0 aliphatic carbocycles. The Balaban J connectivity index is 1.26. The molecule has 190 valence electrons. The molecule has 0 bridgehead atoms. The second-order valence-electron chi connectivity index (χ2n) is 9.40. The largest absolute Gasteiger partial charge is 0.465 e. The van der Waals surface area contributed by atoms with Crippen LogP contribution in [0.15, 0.2) is 60.9 Å². The molecule has 37 heavy (non-hydrogen) atoms. The first-order valence-electron chi connectivity index (χ1n) is 12.2. The van der Waals surface area contributed by atoms with Gasteiger partial charge in [-0.3, -0.25) is 4.90 Å². The Morgan fingerprint density at radius 1 is 1.03 bits per heavy atom. The van der Waals surface area contributed by atoms with Crippen molar-refractivity contribution in [1.29, 1.82) is 0 Å². The SMILES string of the molecule is Nc1ncnc2c1c(-c1ccc(Oc3ccccc3)cc1)nn2[C@@H]1CCN(C2CN(C(=O)O)C2)C[C@@H]1F. The van der Waals surface area contributed by atoms with E-state index in [0.29, 0.717) is 48.5 Å². The number of para-hydroxylation sites is 1. The summed E-state index contributed by atoms with van der Waals surface area (Å²) < 4.78 is 23.1. The van der Waals surface area contributed by atoms with Gasteiger partial charge in [0.05, 0.1) is 11.4 Å². The monoisotopic (exact) mass is 503 g/mol. The van der Waals surface area contributed by atoms with Crippen LogP contribution in [0.2, 0.25) is 0 Å². The van der Waals surface area contributed by atoms with E-state index in [1.165, 1.54) is 11.2 Å². The van der Waals surface area contributed by atoms with E-state index in [-0.39, 0.29) is 18.4 Å². The van der Waals surface area contributed by atoms with Crippen LogP contribution in [-0.2, 0) is 0 Å². The van der Waals surface area contributed by atoms with Crippen molar-refractivity contribution in [2.24, 2.45) is 0 Å². The van der Waals surface area contributed by atoms with E-state index in [1.54, 1.807) is 4.68 Å². The number of aromatic nitrogens is 4. The molecule has 2 atom stereocenters. The summed E-state index contributed by atoms with van der Waals surface area (Å²) >= 11 is 0. The van der Waals surface area contributed by atoms with Crippen LogP contribution < -0.4 is 10.5 Å². The number of nitrogen functional groups attached to an aromatic ring is 1. The smallest absolute Gasteiger partial charge is 0.407 e. The number of ether oxygens (including phenoxy) is 1. The zero-order chi connectivity index (χ0) is 25.5. The van der Waals surface area contributed by atoms with Gasteiger partial charge in [-0.2, -0.15) is 5.10 Å². The molecule has 10 nitrogen and oxygen atoms in total. The molecule has 0 unspecified atom stereocenters. The van der Waals surface area contributed by atoms with E-state index in [1.807, 2.05) is 59.5 Å². The number of carbonyl (C=O) groups is 1. The molecule has 2 aliphatic rings. The van der Waals surface area contributed by atoms with Gasteiger partial charge < -0.3 is 20.5 Å². The highest BCUT2D eigenvalue weighted by Crippen LogP contribution is 2.36. The highest BCUT2D eigenvalue weighted by molar-refractivity contribution is 5.98. The molecule has 2 aliphatic heterocycles. The molecule has 2 aromatic heterocycles. The maximum absolute atomic E-state index is 15.5. The van der Waals surface area contributed by atoms with Gasteiger partial charge in [-0.1, -0.05) is 18.2 Å². The van der Waals surface area contributed by atoms with Crippen LogP contribution in [0.5, 0.6) is 11.5 Å². The van der Waals surface area contributed by atoms with Gasteiger partial charge in [0.25, 0.3) is 0 Å². The lowest BCUT2D eigenvalue weighted by Crippen LogP contribution is -2.63. The molecule has 1 amide bonds. The van der Waals surface area contributed by atoms with Crippen LogP contribution in [0.3, 0.4) is 0 Å². The second kappa shape index (κ2) is 9.32. The number of piperidine rings is 1. The van der Waals surface area contributed by atoms with Crippen molar-refractivity contribution >= 4 is 22.9 Å². The molecule has 4 heterocycles. The first-order chi connectivity index (χ1) is 18.0. The predicted molar refractivity (Wildman–Crippen MR) is 135 cm³/mol. The number of rotatable bonds is 5. The molecule has 6 rings (SSSR count). The Kier molecular flexibility index (Phi) is 5.84. The Morgan fingerprint density at radius 2 is 1.76 bits per heavy atom. The van der Waals surface area contributed by atoms with Crippen molar-refractivity contribution in [3.05, 3.63) is 60.9 Å². The maximum Gasteiger partial charge on any atom is 0.407 e. The van der Waals surface area contributed by atoms with Gasteiger partial charge in [-0.25, -0.2) is 23.8 Å². The quantitative estimate of drug-likeness (QED) is 0.422. The minimum absolute atomic E-state index is 0.0508. The van der Waals surface area contributed by atoms with E-state index >= 15 is 4.39 Å². The molecule has 3 N–H and O–H groups in total. The van der Waals surface area contributed by atoms with Gasteiger partial charge in [-0.15, -0.1) is 0 Å². The van der Waals surface area contributed by atoms with Crippen LogP contribution in [0.25, 0.3) is 22.3 Å². The Bertz CT molecular complexity index is 1420. The van der Waals surface area contributed by atoms with Crippen LogP contribution in [0.1, 0.15) is 12.5 Å². The number of likely N-dealkylation sites (tertiary alicyclic amines) is 2. The van der Waals surface area contributed by atoms with Crippen molar-refractivity contribution in [1.82, 2.24) is 29.5 Å². The summed E-state index contributed by atoms with van der Waals surface area (Å²) in [5.41, 5.74) is 8.12. The summed E-state index contributed by atoms with van der Waals surface area (Å²) in [5, 5.41) is 14.5. The van der Waals surface area contributed by atoms with Crippen molar-refractivity contribution in [2.75, 3.05) is 31.9 Å². The minimum atomic E-state index is -1.19. The zero-order valence-electron chi connectivity index (χ0n) is 19.9. The fourth-order valence-corrected chi connectivity index (χ4v) is 5.10. The summed E-state index contributed by atoms with van der Waals surface area (Å²) in [5.74, 6) is 1.70. The third kappa shape index (κ3) is 4.31. The van der Waals surface area contributed by atoms with E-state index in [2.05, 4.69) is 9.97 Å². The van der Waals surface area contributed by atoms with Gasteiger partial charge in [0.1, 0.15) is 35.5 Å². The lowest BCUT2D eigenvalue weighted by molar-refractivity contribution is -0.00565. The number of hydrogen-bond acceptors (Lipinski definition) is 7. The number of nitrogens with two attached hydrogens (primary N) is 1. The highest BCUT2D eigenvalue weighted by atomic mass is 19.1. The minimum Gasteiger partial charge on any atom is -0.465 e. The number of nitrogens with zero attached hydrogens (tertiary/aromatic N) is 6. The van der Waals surface area contributed by atoms with E-state index in [9.17, 15) is 4.79 Å². The van der Waals surface area contributed by atoms with E-state index in [0.717, 1.165) is 11.3 Å². The van der Waals surface area contributed by atoms with Crippen molar-refractivity contribution < 1.29 is 19.0 Å². The fourth-order valence-electron chi connectivity index (χ4n) is 5.10. The van der Waals surface area contributed by atoms with Crippen LogP contribution in [0, 0.1) is 0 Å². The number of anilines is 1. The fraction of sp³-hybridized carbons (Fsp3) is 0.308. The molecule has 11 heteroatoms. The predicted octanol–water partition coefficient (Wildman–Crippen LogP) is 3.81. The third-order valence-corrected chi connectivity index (χ3v) is 7.13. The summed E-state index contributed by atoms with van der Waals surface area (Å²) in [4.78, 5) is 23.0. The van der Waals surface area contributed by atoms with Gasteiger partial charge in [0.15, 0.2) is 5.65 Å². The molecule has 0 spiro atoms. The molecular formula is C26H26FN7O3. The zero-order valence-corrected chi connectivity index (χ0v) is 19.9. The Morgan fingerprint density at radius 3 is 2.46 bits per heavy atom. The Hall–Kier alpha value is -4.25. The molecule has 2 aromatic carbocycles. The van der Waals surface area contributed by atoms with E-state index in [4.69, 9.17) is 20.7 Å². The van der Waals surface area contributed by atoms with Crippen LogP contribution in [-0.4, -0.2) is 79.1 Å². The molecule has 0 saturated carbocycles. The highest BCUT2D eigenvalue weighted by Gasteiger charge is 2.40. The maximum atomic E-state index is 15.5. The Labute approximate surface area is 212 Å². The van der Waals surface area contributed by atoms with Crippen LogP contribution >= 0.6 is 0 Å². The number of halogens is 1. The van der Waals surface area contributed by atoms with Gasteiger partial charge in [0.2, 0.25) is 0 Å². The average molecular weight is 504 g/mol. The number of carboxylic acid groups (broad SMARTS) is 1. The lowest BCUT2D eigenvalue weighted by atomic mass is 9.98. The summed E-state index contributed by atoms with van der Waals surface area (Å²) in [6.45, 7) is 1.68. The summed E-state index contributed by atoms with van der Waals surface area (Å²) in [7, 11) is 0. The first kappa shape index (κ1) is 23.2. The molecule has 2 saturated heterocycles. The summed E-state index contributed by atoms with van der Waals surface area (Å²) in [6.07, 6.45) is -0.237. The normalized spacial score (nSPS) is 20.6. The van der Waals surface area contributed by atoms with Gasteiger partial charge in [-0.05, 0) is 42.8 Å². The van der Waals surface area contributed by atoms with E-state index < -0.39 is 18.3 Å². The number of benzene rings is 2. The van der Waals surface area contributed by atoms with Crippen molar-refractivity contribution in [3.63, 3.8) is 0 Å². The van der Waals surface area contributed by atoms with Crippen molar-refractivity contribution in [3.8, 4) is 22.8 Å². The average Bonchev–Trinajstić information content (AvgIpc) is 3.25. The number of amides is 1. The number of hydrogen-bond donors (Lipinski definition) is 2. The molecule has 2 fully saturated rings. The standard InChI is InChI=1S/C26H26FN7O3/c27-20-14-32(17-12-33(13-17)26(35)36)11-10-21(20)34-25-22(24(28)29-15-30-25)23(31-34)16-6-8-19(9-7-16)37-18-4-2-1-3-5-18/h1-9,15,17,20-21H,10-14H2,(H,35,36)(H2,28,29,30)/t20-,21+/m0/s1. The topological polar surface area (TPSA) is 123 Å². The molecule has 4 aromatic rings. The lowest BCUT2D eigenvalue weighted by Gasteiger charge is -2.47. The number of alkyl halides is 1. The first-order valence-corrected chi connectivity index (χ1v) is 12.2. The number of fused-ring (bicyclic) bond motifs is 1. The summed E-state index contributed by atoms with van der Waals surface area (Å²) in [6, 6.07) is 16.5. The third-order valence-electron chi connectivity index (χ3n) is 7.13. The molecular weight excluding hydrogens is 477 g/mol. The molecule has 0 radical (unpaired) electrons.